The van der Waals surface area contributed by atoms with Crippen molar-refractivity contribution in [3.8, 4) is 0 Å². The lowest BCUT2D eigenvalue weighted by atomic mass is 10.3. The van der Waals surface area contributed by atoms with Crippen LogP contribution in [0.5, 0.6) is 0 Å². The zero-order valence-electron chi connectivity index (χ0n) is 8.23. The number of carbonyl (C=O) groups excluding carboxylic acids is 1. The van der Waals surface area contributed by atoms with Crippen molar-refractivity contribution >= 4 is 5.97 Å². The molecule has 0 aliphatic rings. The van der Waals surface area contributed by atoms with E-state index in [1.54, 1.807) is 7.11 Å². The van der Waals surface area contributed by atoms with Gasteiger partial charge in [0.2, 0.25) is 0 Å². The van der Waals surface area contributed by atoms with Gasteiger partial charge in [-0.2, -0.15) is 0 Å². The molecule has 84 valence electrons. The van der Waals surface area contributed by atoms with Gasteiger partial charge in [0.05, 0.1) is 45.0 Å². The van der Waals surface area contributed by atoms with Gasteiger partial charge in [-0.3, -0.25) is 0 Å². The Morgan fingerprint density at radius 3 is 2.43 bits per heavy atom. The molecule has 0 aromatic carbocycles. The largest absolute Gasteiger partial charge is 0.548 e. The van der Waals surface area contributed by atoms with E-state index in [0.717, 1.165) is 0 Å². The Kier molecular flexibility index (Phi) is 8.45. The zero-order chi connectivity index (χ0) is 10.8. The highest BCUT2D eigenvalue weighted by molar-refractivity contribution is 5.70. The third-order valence-electron chi connectivity index (χ3n) is 1.40. The van der Waals surface area contributed by atoms with Crippen molar-refractivity contribution in [2.45, 2.75) is 6.04 Å². The first-order valence-electron chi connectivity index (χ1n) is 4.29. The molecule has 0 saturated heterocycles. The maximum atomic E-state index is 10.1. The molecule has 6 nitrogen and oxygen atoms in total. The van der Waals surface area contributed by atoms with E-state index in [1.807, 2.05) is 0 Å². The van der Waals surface area contributed by atoms with Crippen LogP contribution in [0.15, 0.2) is 0 Å². The minimum atomic E-state index is -1.31. The molecule has 0 aliphatic heterocycles. The molecule has 14 heavy (non-hydrogen) atoms. The molecular weight excluding hydrogens is 190 g/mol. The van der Waals surface area contributed by atoms with Crippen molar-refractivity contribution < 1.29 is 24.1 Å². The average molecular weight is 206 g/mol. The topological polar surface area (TPSA) is 93.8 Å². The van der Waals surface area contributed by atoms with Gasteiger partial charge in [0, 0.05) is 7.11 Å². The average Bonchev–Trinajstić information content (AvgIpc) is 2.16. The van der Waals surface area contributed by atoms with Gasteiger partial charge in [0.1, 0.15) is 0 Å². The van der Waals surface area contributed by atoms with Crippen LogP contribution in [-0.4, -0.2) is 52.2 Å². The second-order valence-corrected chi connectivity index (χ2v) is 2.61. The van der Waals surface area contributed by atoms with Gasteiger partial charge in [-0.15, -0.1) is 0 Å². The number of methoxy groups -OCH3 is 1. The van der Waals surface area contributed by atoms with Crippen LogP contribution in [0.2, 0.25) is 0 Å². The number of carboxylic acid groups (broad SMARTS) is 1. The van der Waals surface area contributed by atoms with Crippen LogP contribution in [0.1, 0.15) is 0 Å². The molecule has 1 atom stereocenters. The lowest BCUT2D eigenvalue weighted by Crippen LogP contribution is -2.45. The van der Waals surface area contributed by atoms with Gasteiger partial charge < -0.3 is 29.8 Å². The van der Waals surface area contributed by atoms with Gasteiger partial charge in [-0.05, 0) is 0 Å². The van der Waals surface area contributed by atoms with E-state index in [2.05, 4.69) is 0 Å². The summed E-state index contributed by atoms with van der Waals surface area (Å²) in [4.78, 5) is 10.1. The summed E-state index contributed by atoms with van der Waals surface area (Å²) in [7, 11) is 1.58. The normalized spacial score (nSPS) is 12.7. The Bertz CT molecular complexity index is 153. The second-order valence-electron chi connectivity index (χ2n) is 2.61. The second kappa shape index (κ2) is 8.89. The molecule has 0 aliphatic carbocycles. The van der Waals surface area contributed by atoms with E-state index in [4.69, 9.17) is 19.9 Å². The monoisotopic (exact) mass is 206 g/mol. The van der Waals surface area contributed by atoms with Crippen molar-refractivity contribution in [2.75, 3.05) is 40.1 Å². The van der Waals surface area contributed by atoms with Crippen molar-refractivity contribution in [1.82, 2.24) is 0 Å². The molecule has 0 saturated carbocycles. The molecule has 0 heterocycles. The summed E-state index contributed by atoms with van der Waals surface area (Å²) in [6.07, 6.45) is 0. The maximum absolute atomic E-state index is 10.1. The molecule has 0 radical (unpaired) electrons. The van der Waals surface area contributed by atoms with E-state index >= 15 is 0 Å². The summed E-state index contributed by atoms with van der Waals surface area (Å²) in [5.74, 6) is -1.31. The molecular formula is C8H16NO5-. The molecule has 0 fully saturated rings. The van der Waals surface area contributed by atoms with Crippen LogP contribution in [0.25, 0.3) is 0 Å². The lowest BCUT2D eigenvalue weighted by Gasteiger charge is -2.12. The highest BCUT2D eigenvalue weighted by Gasteiger charge is 2.01. The number of nitrogens with two attached hydrogens (primary N) is 1. The van der Waals surface area contributed by atoms with E-state index < -0.39 is 12.0 Å². The van der Waals surface area contributed by atoms with Crippen LogP contribution < -0.4 is 10.8 Å². The summed E-state index contributed by atoms with van der Waals surface area (Å²) in [6.45, 7) is 1.66. The van der Waals surface area contributed by atoms with Crippen molar-refractivity contribution in [2.24, 2.45) is 5.73 Å². The molecule has 0 rings (SSSR count). The first-order chi connectivity index (χ1) is 6.68. The number of carbonyl (C=O) groups is 1. The van der Waals surface area contributed by atoms with Crippen molar-refractivity contribution in [1.29, 1.82) is 0 Å². The van der Waals surface area contributed by atoms with Crippen LogP contribution in [-0.2, 0) is 19.0 Å². The number of aliphatic carboxylic acids is 1. The first kappa shape index (κ1) is 13.3. The third-order valence-corrected chi connectivity index (χ3v) is 1.40. The Morgan fingerprint density at radius 2 is 1.86 bits per heavy atom. The van der Waals surface area contributed by atoms with Crippen molar-refractivity contribution in [3.63, 3.8) is 0 Å². The number of hydrogen-bond acceptors (Lipinski definition) is 6. The van der Waals surface area contributed by atoms with Gasteiger partial charge in [-0.25, -0.2) is 0 Å². The number of hydrogen-bond donors (Lipinski definition) is 1. The van der Waals surface area contributed by atoms with E-state index in [0.29, 0.717) is 26.4 Å². The number of rotatable bonds is 9. The molecule has 0 spiro atoms. The molecule has 0 aromatic rings. The standard InChI is InChI=1S/C8H17NO5/c1-12-2-3-13-4-5-14-6-7(9)8(10)11/h7H,2-6,9H2,1H3,(H,10,11)/p-1/t7-/m0/s1. The molecule has 0 aromatic heterocycles. The van der Waals surface area contributed by atoms with Crippen LogP contribution >= 0.6 is 0 Å². The van der Waals surface area contributed by atoms with E-state index in [-0.39, 0.29) is 6.61 Å². The maximum Gasteiger partial charge on any atom is 0.0701 e. The molecule has 0 unspecified atom stereocenters. The van der Waals surface area contributed by atoms with Crippen LogP contribution in [0.3, 0.4) is 0 Å². The summed E-state index contributed by atoms with van der Waals surface area (Å²) in [5, 5.41) is 10.1. The van der Waals surface area contributed by atoms with Crippen LogP contribution in [0.4, 0.5) is 0 Å². The number of ether oxygens (including phenoxy) is 3. The highest BCUT2D eigenvalue weighted by Crippen LogP contribution is 1.82. The summed E-state index contributed by atoms with van der Waals surface area (Å²) in [5.41, 5.74) is 5.13. The van der Waals surface area contributed by atoms with Gasteiger partial charge in [0.15, 0.2) is 0 Å². The smallest absolute Gasteiger partial charge is 0.0701 e. The molecule has 0 amide bonds. The Labute approximate surface area is 82.9 Å². The zero-order valence-corrected chi connectivity index (χ0v) is 8.23. The molecule has 6 heteroatoms. The quantitative estimate of drug-likeness (QED) is 0.428. The predicted octanol–water partition coefficient (Wildman–Crippen LogP) is -2.26. The Hall–Kier alpha value is -0.690. The van der Waals surface area contributed by atoms with E-state index in [9.17, 15) is 9.90 Å². The predicted molar refractivity (Wildman–Crippen MR) is 46.5 cm³/mol. The third kappa shape index (κ3) is 7.93. The Balaban J connectivity index is 3.09. The molecule has 2 N–H and O–H groups in total. The van der Waals surface area contributed by atoms with Gasteiger partial charge in [-0.1, -0.05) is 0 Å². The summed E-state index contributed by atoms with van der Waals surface area (Å²) in [6, 6.07) is -1.08. The fourth-order valence-electron chi connectivity index (χ4n) is 0.641. The summed E-state index contributed by atoms with van der Waals surface area (Å²) < 4.78 is 14.7. The lowest BCUT2D eigenvalue weighted by molar-refractivity contribution is -0.308. The first-order valence-corrected chi connectivity index (χ1v) is 4.29. The van der Waals surface area contributed by atoms with E-state index in [1.165, 1.54) is 0 Å². The van der Waals surface area contributed by atoms with Gasteiger partial charge >= 0.3 is 0 Å². The van der Waals surface area contributed by atoms with Crippen molar-refractivity contribution in [3.05, 3.63) is 0 Å². The minimum absolute atomic E-state index is 0.0596. The SMILES string of the molecule is COCCOCCOC[C@H](N)C(=O)[O-]. The van der Waals surface area contributed by atoms with Gasteiger partial charge in [0.25, 0.3) is 0 Å². The number of carboxylic acids is 1. The minimum Gasteiger partial charge on any atom is -0.548 e. The Morgan fingerprint density at radius 1 is 1.29 bits per heavy atom. The summed E-state index contributed by atoms with van der Waals surface area (Å²) >= 11 is 0. The highest BCUT2D eigenvalue weighted by atomic mass is 16.5. The van der Waals surface area contributed by atoms with Crippen LogP contribution in [0, 0.1) is 0 Å². The molecule has 0 bridgehead atoms. The fourth-order valence-corrected chi connectivity index (χ4v) is 0.641. The fraction of sp³-hybridized carbons (Fsp3) is 0.875.